The van der Waals surface area contributed by atoms with Crippen molar-refractivity contribution in [3.8, 4) is 0 Å². The van der Waals surface area contributed by atoms with Crippen molar-refractivity contribution in [1.29, 1.82) is 0 Å². The Morgan fingerprint density at radius 3 is 2.67 bits per heavy atom. The van der Waals surface area contributed by atoms with Gasteiger partial charge in [-0.25, -0.2) is 0 Å². The van der Waals surface area contributed by atoms with Gasteiger partial charge in [-0.2, -0.15) is 0 Å². The summed E-state index contributed by atoms with van der Waals surface area (Å²) in [6.07, 6.45) is 3.50. The fourth-order valence-corrected chi connectivity index (χ4v) is 2.36. The summed E-state index contributed by atoms with van der Waals surface area (Å²) in [4.78, 5) is 11.8. The van der Waals surface area contributed by atoms with Crippen LogP contribution < -0.4 is 10.6 Å². The summed E-state index contributed by atoms with van der Waals surface area (Å²) in [6.45, 7) is 6.09. The number of rotatable bonds is 5. The van der Waals surface area contributed by atoms with Gasteiger partial charge >= 0.3 is 0 Å². The van der Waals surface area contributed by atoms with E-state index in [0.717, 1.165) is 19.5 Å². The molecule has 0 saturated heterocycles. The van der Waals surface area contributed by atoms with Gasteiger partial charge in [0.1, 0.15) is 0 Å². The lowest BCUT2D eigenvalue weighted by atomic mass is 9.97. The van der Waals surface area contributed by atoms with Crippen LogP contribution in [0.4, 0.5) is 0 Å². The maximum Gasteiger partial charge on any atom is 0.223 e. The second-order valence-electron chi connectivity index (χ2n) is 4.92. The Labute approximate surface area is 93.0 Å². The molecule has 3 unspecified atom stereocenters. The highest BCUT2D eigenvalue weighted by Gasteiger charge is 2.29. The van der Waals surface area contributed by atoms with Gasteiger partial charge in [-0.1, -0.05) is 20.3 Å². The van der Waals surface area contributed by atoms with E-state index >= 15 is 0 Å². The van der Waals surface area contributed by atoms with Crippen LogP contribution in [0, 0.1) is 17.8 Å². The smallest absolute Gasteiger partial charge is 0.223 e. The lowest BCUT2D eigenvalue weighted by Crippen LogP contribution is -2.36. The van der Waals surface area contributed by atoms with Crippen molar-refractivity contribution in [3.63, 3.8) is 0 Å². The average molecular weight is 212 g/mol. The van der Waals surface area contributed by atoms with E-state index in [1.807, 2.05) is 7.05 Å². The molecule has 3 heteroatoms. The molecule has 2 N–H and O–H groups in total. The van der Waals surface area contributed by atoms with E-state index in [1.54, 1.807) is 0 Å². The molecule has 0 aromatic carbocycles. The van der Waals surface area contributed by atoms with Gasteiger partial charge in [0, 0.05) is 12.5 Å². The Kier molecular flexibility index (Phi) is 5.09. The van der Waals surface area contributed by atoms with Crippen molar-refractivity contribution in [1.82, 2.24) is 10.6 Å². The predicted octanol–water partition coefficient (Wildman–Crippen LogP) is 1.39. The Morgan fingerprint density at radius 2 is 2.13 bits per heavy atom. The van der Waals surface area contributed by atoms with Crippen LogP contribution in [-0.4, -0.2) is 26.0 Å². The molecule has 1 aliphatic carbocycles. The molecule has 1 rings (SSSR count). The lowest BCUT2D eigenvalue weighted by Gasteiger charge is -2.17. The first-order valence-electron chi connectivity index (χ1n) is 6.07. The van der Waals surface area contributed by atoms with Crippen LogP contribution in [0.1, 0.15) is 33.1 Å². The maximum atomic E-state index is 11.8. The van der Waals surface area contributed by atoms with Gasteiger partial charge in [0.2, 0.25) is 5.91 Å². The monoisotopic (exact) mass is 212 g/mol. The topological polar surface area (TPSA) is 41.1 Å². The van der Waals surface area contributed by atoms with Crippen molar-refractivity contribution < 1.29 is 4.79 Å². The summed E-state index contributed by atoms with van der Waals surface area (Å²) in [6, 6.07) is 0. The number of carbonyl (C=O) groups is 1. The molecule has 0 bridgehead atoms. The second-order valence-corrected chi connectivity index (χ2v) is 4.92. The second kappa shape index (κ2) is 6.11. The molecule has 0 heterocycles. The first-order valence-corrected chi connectivity index (χ1v) is 6.07. The van der Waals surface area contributed by atoms with Crippen molar-refractivity contribution in [3.05, 3.63) is 0 Å². The first-order chi connectivity index (χ1) is 7.15. The third-order valence-electron chi connectivity index (χ3n) is 3.38. The van der Waals surface area contributed by atoms with E-state index in [2.05, 4.69) is 24.5 Å². The number of amides is 1. The van der Waals surface area contributed by atoms with E-state index in [1.165, 1.54) is 12.8 Å². The number of nitrogens with one attached hydrogen (secondary N) is 2. The van der Waals surface area contributed by atoms with E-state index in [-0.39, 0.29) is 11.8 Å². The molecule has 0 aromatic heterocycles. The van der Waals surface area contributed by atoms with Crippen molar-refractivity contribution in [2.45, 2.75) is 33.1 Å². The van der Waals surface area contributed by atoms with Crippen LogP contribution in [0.25, 0.3) is 0 Å². The molecule has 88 valence electrons. The molecule has 3 nitrogen and oxygen atoms in total. The van der Waals surface area contributed by atoms with Crippen LogP contribution in [0.2, 0.25) is 0 Å². The summed E-state index contributed by atoms with van der Waals surface area (Å²) in [5, 5.41) is 6.18. The molecule has 1 aliphatic rings. The Hall–Kier alpha value is -0.570. The molecule has 0 aromatic rings. The quantitative estimate of drug-likeness (QED) is 0.723. The van der Waals surface area contributed by atoms with Crippen molar-refractivity contribution >= 4 is 5.91 Å². The van der Waals surface area contributed by atoms with Crippen LogP contribution in [0.15, 0.2) is 0 Å². The first kappa shape index (κ1) is 12.5. The third-order valence-corrected chi connectivity index (χ3v) is 3.38. The molecule has 0 spiro atoms. The van der Waals surface area contributed by atoms with Crippen molar-refractivity contribution in [2.24, 2.45) is 17.8 Å². The minimum atomic E-state index is 0.267. The molecule has 1 fully saturated rings. The van der Waals surface area contributed by atoms with Gasteiger partial charge in [-0.3, -0.25) is 4.79 Å². The highest BCUT2D eigenvalue weighted by atomic mass is 16.1. The highest BCUT2D eigenvalue weighted by Crippen LogP contribution is 2.31. The Morgan fingerprint density at radius 1 is 1.40 bits per heavy atom. The predicted molar refractivity (Wildman–Crippen MR) is 62.6 cm³/mol. The Balaban J connectivity index is 2.23. The van der Waals surface area contributed by atoms with Crippen LogP contribution >= 0.6 is 0 Å². The summed E-state index contributed by atoms with van der Waals surface area (Å²) >= 11 is 0. The van der Waals surface area contributed by atoms with E-state index in [9.17, 15) is 4.79 Å². The van der Waals surface area contributed by atoms with E-state index in [4.69, 9.17) is 0 Å². The zero-order valence-electron chi connectivity index (χ0n) is 10.2. The molecule has 3 atom stereocenters. The summed E-state index contributed by atoms with van der Waals surface area (Å²) in [5.74, 6) is 1.62. The summed E-state index contributed by atoms with van der Waals surface area (Å²) in [5.41, 5.74) is 0. The summed E-state index contributed by atoms with van der Waals surface area (Å²) in [7, 11) is 1.94. The van der Waals surface area contributed by atoms with E-state index < -0.39 is 0 Å². The third kappa shape index (κ3) is 3.82. The van der Waals surface area contributed by atoms with Gasteiger partial charge in [-0.05, 0) is 38.3 Å². The highest BCUT2D eigenvalue weighted by molar-refractivity contribution is 5.79. The molecule has 1 amide bonds. The summed E-state index contributed by atoms with van der Waals surface area (Å²) < 4.78 is 0. The number of hydrogen-bond acceptors (Lipinski definition) is 2. The van der Waals surface area contributed by atoms with Gasteiger partial charge < -0.3 is 10.6 Å². The Bertz CT molecular complexity index is 206. The SMILES string of the molecule is CNCC(C)CNC(=O)C1CCCC1C. The van der Waals surface area contributed by atoms with Gasteiger partial charge in [0.15, 0.2) is 0 Å². The maximum absolute atomic E-state index is 11.8. The van der Waals surface area contributed by atoms with Crippen LogP contribution in [-0.2, 0) is 4.79 Å². The molecule has 0 aliphatic heterocycles. The van der Waals surface area contributed by atoms with Crippen LogP contribution in [0.5, 0.6) is 0 Å². The minimum Gasteiger partial charge on any atom is -0.356 e. The number of carbonyl (C=O) groups excluding carboxylic acids is 1. The normalized spacial score (nSPS) is 27.7. The largest absolute Gasteiger partial charge is 0.356 e. The lowest BCUT2D eigenvalue weighted by molar-refractivity contribution is -0.126. The van der Waals surface area contributed by atoms with Gasteiger partial charge in [-0.15, -0.1) is 0 Å². The molecule has 1 saturated carbocycles. The minimum absolute atomic E-state index is 0.267. The molecular formula is C12H24N2O. The number of hydrogen-bond donors (Lipinski definition) is 2. The fourth-order valence-electron chi connectivity index (χ4n) is 2.36. The standard InChI is InChI=1S/C12H24N2O/c1-9(7-13-3)8-14-12(15)11-6-4-5-10(11)2/h9-11,13H,4-8H2,1-3H3,(H,14,15). The molecule has 15 heavy (non-hydrogen) atoms. The van der Waals surface area contributed by atoms with Gasteiger partial charge in [0.25, 0.3) is 0 Å². The van der Waals surface area contributed by atoms with Crippen LogP contribution in [0.3, 0.4) is 0 Å². The van der Waals surface area contributed by atoms with Crippen molar-refractivity contribution in [2.75, 3.05) is 20.1 Å². The average Bonchev–Trinajstić information content (AvgIpc) is 2.61. The zero-order chi connectivity index (χ0) is 11.3. The fraction of sp³-hybridized carbons (Fsp3) is 0.917. The molecule has 0 radical (unpaired) electrons. The zero-order valence-corrected chi connectivity index (χ0v) is 10.2. The van der Waals surface area contributed by atoms with E-state index in [0.29, 0.717) is 11.8 Å². The molecular weight excluding hydrogens is 188 g/mol. The van der Waals surface area contributed by atoms with Gasteiger partial charge in [0.05, 0.1) is 0 Å².